The van der Waals surface area contributed by atoms with Crippen LogP contribution in [0.25, 0.3) is 0 Å². The minimum atomic E-state index is -0.361. The second-order valence-corrected chi connectivity index (χ2v) is 30.5. The summed E-state index contributed by atoms with van der Waals surface area (Å²) in [5, 5.41) is 5.84. The van der Waals surface area contributed by atoms with Crippen molar-refractivity contribution in [3.05, 3.63) is 72.8 Å². The van der Waals surface area contributed by atoms with E-state index in [1.807, 2.05) is 0 Å². The van der Waals surface area contributed by atoms with E-state index in [9.17, 15) is 0 Å². The highest BCUT2D eigenvalue weighted by Crippen LogP contribution is 2.60. The molecular formula is C42H66NP3. The molecule has 4 heteroatoms. The molecule has 3 aromatic rings. The highest BCUT2D eigenvalue weighted by Gasteiger charge is 2.38. The van der Waals surface area contributed by atoms with Crippen molar-refractivity contribution in [2.24, 2.45) is 0 Å². The topological polar surface area (TPSA) is 3.24 Å². The fourth-order valence-electron chi connectivity index (χ4n) is 8.04. The fourth-order valence-corrected chi connectivity index (χ4v) is 20.1. The van der Waals surface area contributed by atoms with Gasteiger partial charge in [-0.2, -0.15) is 0 Å². The molecule has 1 nitrogen and oxygen atoms in total. The predicted octanol–water partition coefficient (Wildman–Crippen LogP) is 13.3. The molecule has 0 radical (unpaired) electrons. The molecule has 0 N–H and O–H groups in total. The molecular weight excluding hydrogens is 611 g/mol. The molecule has 0 atom stereocenters. The molecule has 0 heterocycles. The van der Waals surface area contributed by atoms with Crippen LogP contribution in [0.4, 0.5) is 17.1 Å². The second-order valence-electron chi connectivity index (χ2n) is 18.9. The number of hydrogen-bond acceptors (Lipinski definition) is 1. The molecule has 3 rings (SSSR count). The Balaban J connectivity index is 2.19. The standard InChI is InChI=1S/C42H66NP3/c1-37(2,3)44(38(4,5)6)34-25-19-31(20-26-34)43(32-21-27-35(28-22-32)45(39(7,8)9)40(10,11)12)33-23-29-36(30-24-33)46(41(13,14)15)42(16,17)18/h19-30H,1-18H3. The van der Waals surface area contributed by atoms with Crippen molar-refractivity contribution < 1.29 is 0 Å². The van der Waals surface area contributed by atoms with Gasteiger partial charge in [-0.15, -0.1) is 0 Å². The minimum absolute atomic E-state index is 0.234. The molecule has 0 aromatic heterocycles. The molecule has 254 valence electrons. The van der Waals surface area contributed by atoms with Crippen molar-refractivity contribution in [2.45, 2.75) is 156 Å². The lowest BCUT2D eigenvalue weighted by atomic mass is 10.2. The highest BCUT2D eigenvalue weighted by atomic mass is 31.1. The fraction of sp³-hybridized carbons (Fsp3) is 0.571. The van der Waals surface area contributed by atoms with Gasteiger partial charge in [0.05, 0.1) is 0 Å². The first-order chi connectivity index (χ1) is 20.6. The summed E-state index contributed by atoms with van der Waals surface area (Å²) in [6.45, 7) is 43.3. The number of nitrogens with zero attached hydrogens (tertiary/aromatic N) is 1. The molecule has 0 bridgehead atoms. The monoisotopic (exact) mass is 677 g/mol. The summed E-state index contributed by atoms with van der Waals surface area (Å²) in [6.07, 6.45) is 0. The Morgan fingerprint density at radius 1 is 0.283 bits per heavy atom. The maximum Gasteiger partial charge on any atom is 0.0462 e. The minimum Gasteiger partial charge on any atom is -0.311 e. The zero-order chi connectivity index (χ0) is 35.3. The first-order valence-electron chi connectivity index (χ1n) is 17.1. The Kier molecular flexibility index (Phi) is 11.6. The zero-order valence-corrected chi connectivity index (χ0v) is 35.4. The van der Waals surface area contributed by atoms with E-state index in [-0.39, 0.29) is 54.7 Å². The number of benzene rings is 3. The van der Waals surface area contributed by atoms with Crippen LogP contribution < -0.4 is 20.8 Å². The van der Waals surface area contributed by atoms with E-state index in [2.05, 4.69) is 202 Å². The molecule has 0 aliphatic carbocycles. The van der Waals surface area contributed by atoms with Crippen LogP contribution in [0.15, 0.2) is 72.8 Å². The third kappa shape index (κ3) is 9.46. The summed E-state index contributed by atoms with van der Waals surface area (Å²) in [7, 11) is -1.08. The van der Waals surface area contributed by atoms with Crippen molar-refractivity contribution in [3.8, 4) is 0 Å². The Hall–Kier alpha value is -1.25. The summed E-state index contributed by atoms with van der Waals surface area (Å²) in [5.74, 6) is 0. The van der Waals surface area contributed by atoms with Crippen LogP contribution in [-0.4, -0.2) is 30.9 Å². The van der Waals surface area contributed by atoms with Gasteiger partial charge < -0.3 is 4.90 Å². The highest BCUT2D eigenvalue weighted by molar-refractivity contribution is 7.69. The maximum absolute atomic E-state index is 2.46. The molecule has 0 saturated carbocycles. The maximum atomic E-state index is 2.46. The smallest absolute Gasteiger partial charge is 0.0462 e. The first kappa shape index (κ1) is 39.2. The van der Waals surface area contributed by atoms with E-state index < -0.39 is 0 Å². The molecule has 0 aliphatic rings. The van der Waals surface area contributed by atoms with Crippen molar-refractivity contribution in [2.75, 3.05) is 4.90 Å². The van der Waals surface area contributed by atoms with Crippen molar-refractivity contribution in [1.82, 2.24) is 0 Å². The predicted molar refractivity (Wildman–Crippen MR) is 219 cm³/mol. The summed E-state index contributed by atoms with van der Waals surface area (Å²) < 4.78 is 0. The molecule has 3 aromatic carbocycles. The SMILES string of the molecule is CC(C)(C)P(c1ccc(N(c2ccc(P(C(C)(C)C)C(C)(C)C)cc2)c2ccc(P(C(C)(C)C)C(C)(C)C)cc2)cc1)C(C)(C)C. The average Bonchev–Trinajstić information content (AvgIpc) is 2.82. The van der Waals surface area contributed by atoms with Gasteiger partial charge in [0.25, 0.3) is 0 Å². The molecule has 0 fully saturated rings. The lowest BCUT2D eigenvalue weighted by molar-refractivity contribution is 0.714. The third-order valence-corrected chi connectivity index (χ3v) is 18.6. The van der Waals surface area contributed by atoms with Gasteiger partial charge in [-0.1, -0.05) is 185 Å². The van der Waals surface area contributed by atoms with Gasteiger partial charge in [-0.25, -0.2) is 0 Å². The van der Waals surface area contributed by atoms with E-state index in [1.165, 1.54) is 33.0 Å². The van der Waals surface area contributed by atoms with E-state index in [4.69, 9.17) is 0 Å². The van der Waals surface area contributed by atoms with E-state index in [0.29, 0.717) is 0 Å². The van der Waals surface area contributed by atoms with Gasteiger partial charge in [-0.05, 0) is 83.2 Å². The van der Waals surface area contributed by atoms with E-state index in [1.54, 1.807) is 0 Å². The average molecular weight is 678 g/mol. The summed E-state index contributed by atoms with van der Waals surface area (Å²) in [4.78, 5) is 2.46. The van der Waals surface area contributed by atoms with Crippen LogP contribution in [0.3, 0.4) is 0 Å². The number of rotatable bonds is 6. The molecule has 0 saturated heterocycles. The summed E-state index contributed by atoms with van der Waals surface area (Å²) in [5.41, 5.74) is 3.64. The quantitative estimate of drug-likeness (QED) is 0.235. The molecule has 0 spiro atoms. The van der Waals surface area contributed by atoms with Crippen LogP contribution >= 0.6 is 23.8 Å². The van der Waals surface area contributed by atoms with Crippen molar-refractivity contribution in [1.29, 1.82) is 0 Å². The normalized spacial score (nSPS) is 14.0. The van der Waals surface area contributed by atoms with Gasteiger partial charge in [0.2, 0.25) is 0 Å². The molecule has 0 aliphatic heterocycles. The van der Waals surface area contributed by atoms with Crippen LogP contribution in [0.2, 0.25) is 0 Å². The van der Waals surface area contributed by atoms with Gasteiger partial charge in [0, 0.05) is 17.1 Å². The Morgan fingerprint density at radius 2 is 0.435 bits per heavy atom. The lowest BCUT2D eigenvalue weighted by Gasteiger charge is -2.42. The lowest BCUT2D eigenvalue weighted by Crippen LogP contribution is -2.31. The number of hydrogen-bond donors (Lipinski definition) is 0. The molecule has 46 heavy (non-hydrogen) atoms. The summed E-state index contributed by atoms with van der Waals surface area (Å²) in [6, 6.07) is 28.6. The van der Waals surface area contributed by atoms with Crippen LogP contribution in [-0.2, 0) is 0 Å². The Bertz CT molecular complexity index is 1190. The second kappa shape index (κ2) is 13.6. The van der Waals surface area contributed by atoms with E-state index >= 15 is 0 Å². The van der Waals surface area contributed by atoms with Gasteiger partial charge in [0.1, 0.15) is 0 Å². The van der Waals surface area contributed by atoms with Gasteiger partial charge >= 0.3 is 0 Å². The van der Waals surface area contributed by atoms with Crippen LogP contribution in [0, 0.1) is 0 Å². The molecule has 0 amide bonds. The van der Waals surface area contributed by atoms with Crippen molar-refractivity contribution >= 4 is 56.7 Å². The Morgan fingerprint density at radius 3 is 0.565 bits per heavy atom. The molecule has 0 unspecified atom stereocenters. The van der Waals surface area contributed by atoms with Gasteiger partial charge in [0.15, 0.2) is 0 Å². The van der Waals surface area contributed by atoms with Crippen LogP contribution in [0.5, 0.6) is 0 Å². The van der Waals surface area contributed by atoms with Gasteiger partial charge in [-0.3, -0.25) is 0 Å². The summed E-state index contributed by atoms with van der Waals surface area (Å²) >= 11 is 0. The first-order valence-corrected chi connectivity index (χ1v) is 21.2. The third-order valence-electron chi connectivity index (χ3n) is 8.12. The number of anilines is 3. The zero-order valence-electron chi connectivity index (χ0n) is 32.7. The van der Waals surface area contributed by atoms with Crippen molar-refractivity contribution in [3.63, 3.8) is 0 Å². The van der Waals surface area contributed by atoms with E-state index in [0.717, 1.165) is 0 Å². The Labute approximate surface area is 289 Å². The largest absolute Gasteiger partial charge is 0.311 e. The van der Waals surface area contributed by atoms with Crippen LogP contribution in [0.1, 0.15) is 125 Å².